The lowest BCUT2D eigenvalue weighted by Crippen LogP contribution is -2.56. The van der Waals surface area contributed by atoms with Gasteiger partial charge in [0.15, 0.2) is 5.82 Å². The van der Waals surface area contributed by atoms with Gasteiger partial charge in [-0.2, -0.15) is 9.97 Å². The molecule has 264 valence electrons. The second-order valence-electron chi connectivity index (χ2n) is 15.2. The molecule has 1 aliphatic carbocycles. The molecule has 4 bridgehead atoms. The summed E-state index contributed by atoms with van der Waals surface area (Å²) in [5, 5.41) is 14.8. The highest BCUT2D eigenvalue weighted by Gasteiger charge is 2.50. The maximum Gasteiger partial charge on any atom is 0.319 e. The number of anilines is 1. The molecule has 12 heteroatoms. The second kappa shape index (κ2) is 12.0. The molecular weight excluding hydrogens is 657 g/mol. The first-order valence-electron chi connectivity index (χ1n) is 17.9. The molecule has 51 heavy (non-hydrogen) atoms. The van der Waals surface area contributed by atoms with E-state index in [0.29, 0.717) is 43.0 Å². The van der Waals surface area contributed by atoms with E-state index in [2.05, 4.69) is 26.0 Å². The van der Waals surface area contributed by atoms with Crippen molar-refractivity contribution in [2.24, 2.45) is 5.41 Å². The molecule has 0 spiro atoms. The maximum absolute atomic E-state index is 17.0. The number of phenols is 1. The summed E-state index contributed by atoms with van der Waals surface area (Å²) in [5.74, 6) is -0.00716. The van der Waals surface area contributed by atoms with Gasteiger partial charge in [-0.05, 0) is 68.2 Å². The van der Waals surface area contributed by atoms with Gasteiger partial charge in [-0.25, -0.2) is 13.2 Å². The summed E-state index contributed by atoms with van der Waals surface area (Å²) in [6.07, 6.45) is 11.8. The Morgan fingerprint density at radius 3 is 2.41 bits per heavy atom. The van der Waals surface area contributed by atoms with Gasteiger partial charge in [0.1, 0.15) is 28.7 Å². The second-order valence-corrected chi connectivity index (χ2v) is 15.2. The number of aromatic nitrogens is 2. The highest BCUT2D eigenvalue weighted by Crippen LogP contribution is 2.49. The summed E-state index contributed by atoms with van der Waals surface area (Å²) in [6, 6.07) is 7.51. The van der Waals surface area contributed by atoms with Gasteiger partial charge in [0, 0.05) is 85.6 Å². The first-order valence-corrected chi connectivity index (χ1v) is 17.9. The van der Waals surface area contributed by atoms with Crippen molar-refractivity contribution < 1.29 is 27.8 Å². The molecule has 5 aliphatic rings. The number of terminal acetylenes is 1. The van der Waals surface area contributed by atoms with Gasteiger partial charge in [-0.1, -0.05) is 12.0 Å². The maximum atomic E-state index is 17.0. The fourth-order valence-corrected chi connectivity index (χ4v) is 9.08. The normalized spacial score (nSPS) is 25.1. The number of benzene rings is 3. The Morgan fingerprint density at radius 2 is 1.75 bits per heavy atom. The molecule has 9 nitrogen and oxygen atoms in total. The Morgan fingerprint density at radius 1 is 1.02 bits per heavy atom. The molecule has 1 saturated carbocycles. The molecule has 4 saturated heterocycles. The average Bonchev–Trinajstić information content (AvgIpc) is 3.74. The van der Waals surface area contributed by atoms with E-state index >= 15 is 8.78 Å². The van der Waals surface area contributed by atoms with Crippen molar-refractivity contribution >= 4 is 33.4 Å². The van der Waals surface area contributed by atoms with Gasteiger partial charge in [0.2, 0.25) is 5.91 Å². The number of carbonyl (C=O) groups is 1. The number of aromatic hydroxyl groups is 1. The number of rotatable bonds is 7. The molecule has 9 rings (SSSR count). The number of likely N-dealkylation sites (tertiary alicyclic amines) is 1. The molecule has 4 aliphatic heterocycles. The Kier molecular flexibility index (Phi) is 7.60. The number of ether oxygens (including phenoxy) is 1. The minimum absolute atomic E-state index is 0.00612. The van der Waals surface area contributed by atoms with Gasteiger partial charge in [0.25, 0.3) is 0 Å². The topological polar surface area (TPSA) is 94.1 Å². The molecule has 4 unspecified atom stereocenters. The van der Waals surface area contributed by atoms with E-state index in [9.17, 15) is 14.3 Å². The molecule has 5 heterocycles. The third-order valence-corrected chi connectivity index (χ3v) is 11.9. The molecule has 4 aromatic rings. The van der Waals surface area contributed by atoms with E-state index in [1.165, 1.54) is 30.3 Å². The highest BCUT2D eigenvalue weighted by molar-refractivity contribution is 6.04. The van der Waals surface area contributed by atoms with Crippen LogP contribution in [0.1, 0.15) is 51.0 Å². The first kappa shape index (κ1) is 32.3. The van der Waals surface area contributed by atoms with Gasteiger partial charge in [0.05, 0.1) is 17.7 Å². The van der Waals surface area contributed by atoms with Gasteiger partial charge >= 0.3 is 6.01 Å². The van der Waals surface area contributed by atoms with Crippen LogP contribution in [0, 0.1) is 35.2 Å². The highest BCUT2D eigenvalue weighted by atomic mass is 19.1. The monoisotopic (exact) mass is 696 g/mol. The van der Waals surface area contributed by atoms with E-state index in [4.69, 9.17) is 16.1 Å². The minimum atomic E-state index is -0.975. The lowest BCUT2D eigenvalue weighted by atomic mass is 9.92. The lowest BCUT2D eigenvalue weighted by molar-refractivity contribution is -0.132. The number of carbonyl (C=O) groups excluding carboxylic acids is 1. The van der Waals surface area contributed by atoms with Crippen molar-refractivity contribution in [1.29, 1.82) is 0 Å². The van der Waals surface area contributed by atoms with Crippen molar-refractivity contribution in [3.05, 3.63) is 53.3 Å². The third kappa shape index (κ3) is 5.53. The molecular formula is C39H39F3N6O3. The fraction of sp³-hybridized carbons (Fsp3) is 0.462. The Balaban J connectivity index is 1.11. The van der Waals surface area contributed by atoms with E-state index in [0.717, 1.165) is 58.2 Å². The number of amides is 1. The fourth-order valence-electron chi connectivity index (χ4n) is 9.08. The summed E-state index contributed by atoms with van der Waals surface area (Å²) in [5.41, 5.74) is -0.935. The SMILES string of the molecule is C#Cc1c(F)ccc2cc(O)cc(-c3c(F)cc4c(N5CC6CCC(C5)N6)nc(OCC5(CN6C7CCC6CN(C(C)=O)C7)CC5)nc4c3F)c12. The summed E-state index contributed by atoms with van der Waals surface area (Å²) >= 11 is 0. The predicted molar refractivity (Wildman–Crippen MR) is 187 cm³/mol. The Bertz CT molecular complexity index is 2130. The standard InChI is InChI=1S/C39H39F3N6O3/c1-3-28-31(40)9-4-22-12-27(50)13-29(33(22)28)34-32(41)14-30-36(35(34)42)44-38(45-37(30)47-15-23-5-6-24(16-47)43-23)51-20-39(10-11-39)19-48-25-7-8-26(48)18-46(17-25)21(2)49/h1,4,9,12-14,23-26,43,50H,5-8,10-11,15-20H2,2H3. The van der Waals surface area contributed by atoms with E-state index < -0.39 is 23.0 Å². The van der Waals surface area contributed by atoms with Crippen molar-refractivity contribution in [3.8, 4) is 35.2 Å². The van der Waals surface area contributed by atoms with Gasteiger partial charge < -0.3 is 25.0 Å². The van der Waals surface area contributed by atoms with E-state index in [1.54, 1.807) is 6.92 Å². The molecule has 2 N–H and O–H groups in total. The molecule has 1 amide bonds. The molecule has 5 fully saturated rings. The van der Waals surface area contributed by atoms with Crippen LogP contribution in [0.5, 0.6) is 11.8 Å². The van der Waals surface area contributed by atoms with Crippen LogP contribution in [-0.4, -0.2) is 94.3 Å². The van der Waals surface area contributed by atoms with Crippen LogP contribution in [0.2, 0.25) is 0 Å². The van der Waals surface area contributed by atoms with Crippen molar-refractivity contribution in [3.63, 3.8) is 0 Å². The summed E-state index contributed by atoms with van der Waals surface area (Å²) in [4.78, 5) is 28.0. The third-order valence-electron chi connectivity index (χ3n) is 11.9. The number of halogens is 3. The average molecular weight is 697 g/mol. The lowest BCUT2D eigenvalue weighted by Gasteiger charge is -2.42. The van der Waals surface area contributed by atoms with E-state index in [-0.39, 0.29) is 62.6 Å². The van der Waals surface area contributed by atoms with Crippen molar-refractivity contribution in [2.75, 3.05) is 44.2 Å². The molecule has 3 aromatic carbocycles. The molecule has 4 atom stereocenters. The summed E-state index contributed by atoms with van der Waals surface area (Å²) in [6.45, 7) is 5.55. The number of fused-ring (bicyclic) bond motifs is 6. The predicted octanol–water partition coefficient (Wildman–Crippen LogP) is 5.35. The summed E-state index contributed by atoms with van der Waals surface area (Å²) < 4.78 is 54.6. The smallest absolute Gasteiger partial charge is 0.319 e. The van der Waals surface area contributed by atoms with Crippen LogP contribution in [-0.2, 0) is 4.79 Å². The van der Waals surface area contributed by atoms with Gasteiger partial charge in [-0.3, -0.25) is 9.69 Å². The zero-order valence-electron chi connectivity index (χ0n) is 28.4. The van der Waals surface area contributed by atoms with Crippen molar-refractivity contribution in [2.45, 2.75) is 69.6 Å². The van der Waals surface area contributed by atoms with Crippen LogP contribution < -0.4 is 15.0 Å². The number of piperazine rings is 2. The Labute approximate surface area is 293 Å². The number of nitrogens with zero attached hydrogens (tertiary/aromatic N) is 5. The number of phenolic OH excluding ortho intramolecular Hbond substituents is 1. The number of hydrogen-bond donors (Lipinski definition) is 2. The Hall–Kier alpha value is -4.60. The van der Waals surface area contributed by atoms with Gasteiger partial charge in [-0.15, -0.1) is 6.42 Å². The van der Waals surface area contributed by atoms with Crippen LogP contribution in [0.15, 0.2) is 30.3 Å². The van der Waals surface area contributed by atoms with Crippen LogP contribution in [0.4, 0.5) is 19.0 Å². The zero-order valence-corrected chi connectivity index (χ0v) is 28.4. The van der Waals surface area contributed by atoms with Crippen LogP contribution >= 0.6 is 0 Å². The number of nitrogens with one attached hydrogen (secondary N) is 1. The molecule has 1 aromatic heterocycles. The van der Waals surface area contributed by atoms with Crippen molar-refractivity contribution in [1.82, 2.24) is 25.1 Å². The summed E-state index contributed by atoms with van der Waals surface area (Å²) in [7, 11) is 0. The quantitative estimate of drug-likeness (QED) is 0.250. The van der Waals surface area contributed by atoms with Crippen LogP contribution in [0.25, 0.3) is 32.8 Å². The van der Waals surface area contributed by atoms with Crippen LogP contribution in [0.3, 0.4) is 0 Å². The minimum Gasteiger partial charge on any atom is -0.508 e. The zero-order chi connectivity index (χ0) is 35.2. The number of hydrogen-bond acceptors (Lipinski definition) is 8. The molecule has 0 radical (unpaired) electrons. The first-order chi connectivity index (χ1) is 24.6. The largest absolute Gasteiger partial charge is 0.508 e. The van der Waals surface area contributed by atoms with E-state index in [1.807, 2.05) is 4.90 Å².